The van der Waals surface area contributed by atoms with Crippen molar-refractivity contribution in [3.8, 4) is 0 Å². The Bertz CT molecular complexity index is 713. The minimum absolute atomic E-state index is 0.0287. The molecule has 4 rings (SSSR count). The highest BCUT2D eigenvalue weighted by atomic mass is 16.5. The minimum atomic E-state index is -0.182. The van der Waals surface area contributed by atoms with Crippen molar-refractivity contribution in [1.82, 2.24) is 5.32 Å². The zero-order chi connectivity index (χ0) is 21.0. The Morgan fingerprint density at radius 1 is 1.24 bits per heavy atom. The highest BCUT2D eigenvalue weighted by molar-refractivity contribution is 5.83. The van der Waals surface area contributed by atoms with Crippen molar-refractivity contribution >= 4 is 11.9 Å². The molecule has 4 nitrogen and oxygen atoms in total. The van der Waals surface area contributed by atoms with Crippen LogP contribution in [-0.2, 0) is 14.3 Å². The normalized spacial score (nSPS) is 43.8. The van der Waals surface area contributed by atoms with Gasteiger partial charge in [0.25, 0.3) is 0 Å². The van der Waals surface area contributed by atoms with Crippen LogP contribution < -0.4 is 5.32 Å². The van der Waals surface area contributed by atoms with Gasteiger partial charge in [0, 0.05) is 22.9 Å². The predicted molar refractivity (Wildman–Crippen MR) is 114 cm³/mol. The van der Waals surface area contributed by atoms with Gasteiger partial charge in [0.1, 0.15) is 6.10 Å². The van der Waals surface area contributed by atoms with Gasteiger partial charge in [0.2, 0.25) is 5.91 Å². The lowest BCUT2D eigenvalue weighted by atomic mass is 9.49. The molecule has 0 radical (unpaired) electrons. The average Bonchev–Trinajstić information content (AvgIpc) is 3.00. The maximum Gasteiger partial charge on any atom is 0.330 e. The van der Waals surface area contributed by atoms with Gasteiger partial charge in [-0.05, 0) is 82.0 Å². The summed E-state index contributed by atoms with van der Waals surface area (Å²) < 4.78 is 5.73. The molecule has 1 aliphatic heterocycles. The van der Waals surface area contributed by atoms with Gasteiger partial charge < -0.3 is 10.1 Å². The maximum absolute atomic E-state index is 13.1. The molecular formula is C25H39NO3. The largest absolute Gasteiger partial charge is 0.458 e. The molecule has 1 heterocycles. The van der Waals surface area contributed by atoms with E-state index in [0.29, 0.717) is 17.8 Å². The molecule has 0 unspecified atom stereocenters. The quantitative estimate of drug-likeness (QED) is 0.673. The number of amides is 1. The molecular weight excluding hydrogens is 362 g/mol. The fourth-order valence-electron chi connectivity index (χ4n) is 7.58. The van der Waals surface area contributed by atoms with Crippen molar-refractivity contribution in [2.45, 2.75) is 97.6 Å². The second-order valence-corrected chi connectivity index (χ2v) is 11.5. The Balaban J connectivity index is 1.51. The number of nitrogens with one attached hydrogen (secondary N) is 1. The number of ether oxygens (including phenoxy) is 1. The molecule has 1 N–H and O–H groups in total. The number of hydrogen-bond donors (Lipinski definition) is 1. The van der Waals surface area contributed by atoms with Crippen LogP contribution in [0.2, 0.25) is 0 Å². The van der Waals surface area contributed by atoms with Crippen LogP contribution in [-0.4, -0.2) is 23.5 Å². The third-order valence-corrected chi connectivity index (χ3v) is 9.01. The van der Waals surface area contributed by atoms with E-state index in [0.717, 1.165) is 38.5 Å². The first-order valence-electron chi connectivity index (χ1n) is 11.8. The van der Waals surface area contributed by atoms with Gasteiger partial charge >= 0.3 is 5.97 Å². The molecule has 1 amide bonds. The van der Waals surface area contributed by atoms with Crippen molar-refractivity contribution in [2.24, 2.45) is 34.5 Å². The first-order chi connectivity index (χ1) is 13.6. The number of esters is 1. The summed E-state index contributed by atoms with van der Waals surface area (Å²) in [7, 11) is 0. The number of carbonyl (C=O) groups is 2. The molecule has 0 bridgehead atoms. The summed E-state index contributed by atoms with van der Waals surface area (Å²) in [6.07, 6.45) is 12.4. The van der Waals surface area contributed by atoms with Crippen LogP contribution in [0.4, 0.5) is 0 Å². The summed E-state index contributed by atoms with van der Waals surface area (Å²) >= 11 is 0. The van der Waals surface area contributed by atoms with Crippen LogP contribution in [0.3, 0.4) is 0 Å². The molecule has 0 aromatic heterocycles. The van der Waals surface area contributed by atoms with Gasteiger partial charge in [-0.2, -0.15) is 0 Å². The lowest BCUT2D eigenvalue weighted by Crippen LogP contribution is -2.54. The Kier molecular flexibility index (Phi) is 5.15. The molecule has 4 heteroatoms. The molecule has 3 aliphatic carbocycles. The lowest BCUT2D eigenvalue weighted by Gasteiger charge is -2.57. The van der Waals surface area contributed by atoms with Crippen LogP contribution in [0.15, 0.2) is 12.2 Å². The smallest absolute Gasteiger partial charge is 0.330 e. The predicted octanol–water partition coefficient (Wildman–Crippen LogP) is 5.02. The van der Waals surface area contributed by atoms with Crippen LogP contribution in [0.1, 0.15) is 86.0 Å². The molecule has 0 spiro atoms. The summed E-state index contributed by atoms with van der Waals surface area (Å²) in [5.41, 5.74) is 0.114. The summed E-state index contributed by atoms with van der Waals surface area (Å²) in [5, 5.41) is 3.35. The van der Waals surface area contributed by atoms with E-state index in [1.54, 1.807) is 6.08 Å². The highest BCUT2D eigenvalue weighted by Crippen LogP contribution is 2.64. The minimum Gasteiger partial charge on any atom is -0.458 e. The van der Waals surface area contributed by atoms with E-state index >= 15 is 0 Å². The topological polar surface area (TPSA) is 55.4 Å². The van der Waals surface area contributed by atoms with Crippen LogP contribution in [0, 0.1) is 34.5 Å². The molecule has 162 valence electrons. The first kappa shape index (κ1) is 20.9. The van der Waals surface area contributed by atoms with E-state index < -0.39 is 0 Å². The summed E-state index contributed by atoms with van der Waals surface area (Å²) in [6, 6.07) is 0. The summed E-state index contributed by atoms with van der Waals surface area (Å²) in [6.45, 7) is 11.2. The standard InChI is InChI=1S/C25H39NO3/c1-6-11-23(2,3)26-22(28)16-14-19-17-7-8-20-25(5,13-10-21(27)29-20)18(17)9-12-24(19,4)15-16/h10,13,16-20H,6-9,11-12,14-15H2,1-5H3,(H,26,28)/t16-,17+,18-,19-,20+,24+,25+/m0/s1. The lowest BCUT2D eigenvalue weighted by molar-refractivity contribution is -0.166. The Morgan fingerprint density at radius 2 is 2.00 bits per heavy atom. The van der Waals surface area contributed by atoms with Gasteiger partial charge in [0.15, 0.2) is 0 Å². The molecule has 29 heavy (non-hydrogen) atoms. The van der Waals surface area contributed by atoms with E-state index in [2.05, 4.69) is 46.0 Å². The molecule has 7 atom stereocenters. The van der Waals surface area contributed by atoms with Gasteiger partial charge in [-0.15, -0.1) is 0 Å². The molecule has 3 fully saturated rings. The third-order valence-electron chi connectivity index (χ3n) is 9.01. The van der Waals surface area contributed by atoms with Crippen molar-refractivity contribution in [3.05, 3.63) is 12.2 Å². The van der Waals surface area contributed by atoms with Gasteiger partial charge in [-0.3, -0.25) is 4.79 Å². The zero-order valence-corrected chi connectivity index (χ0v) is 18.9. The van der Waals surface area contributed by atoms with Crippen molar-refractivity contribution < 1.29 is 14.3 Å². The Morgan fingerprint density at radius 3 is 2.72 bits per heavy atom. The van der Waals surface area contributed by atoms with E-state index in [9.17, 15) is 9.59 Å². The summed E-state index contributed by atoms with van der Waals surface area (Å²) in [5.74, 6) is 2.03. The molecule has 0 aromatic carbocycles. The van der Waals surface area contributed by atoms with Gasteiger partial charge in [0.05, 0.1) is 0 Å². The second kappa shape index (κ2) is 7.13. The Hall–Kier alpha value is -1.32. The molecule has 0 aromatic rings. The average molecular weight is 402 g/mol. The van der Waals surface area contributed by atoms with E-state index in [-0.39, 0.29) is 40.3 Å². The Labute approximate surface area is 176 Å². The number of fused-ring (bicyclic) bond motifs is 5. The third kappa shape index (κ3) is 3.55. The number of hydrogen-bond acceptors (Lipinski definition) is 3. The van der Waals surface area contributed by atoms with Crippen LogP contribution in [0.5, 0.6) is 0 Å². The fraction of sp³-hybridized carbons (Fsp3) is 0.840. The number of carbonyl (C=O) groups excluding carboxylic acids is 2. The van der Waals surface area contributed by atoms with Crippen LogP contribution in [0.25, 0.3) is 0 Å². The van der Waals surface area contributed by atoms with E-state index in [1.165, 1.54) is 12.8 Å². The molecule has 4 aliphatic rings. The van der Waals surface area contributed by atoms with Gasteiger partial charge in [-0.1, -0.05) is 33.3 Å². The SMILES string of the molecule is CCCC(C)(C)NC(=O)[C@H]1C[C@H]2[C@@H]3CC[C@H]4OC(=O)C=C[C@]4(C)[C@H]3CC[C@]2(C)C1. The maximum atomic E-state index is 13.1. The monoisotopic (exact) mass is 401 g/mol. The van der Waals surface area contributed by atoms with Crippen molar-refractivity contribution in [2.75, 3.05) is 0 Å². The van der Waals surface area contributed by atoms with Gasteiger partial charge in [-0.25, -0.2) is 4.79 Å². The summed E-state index contributed by atoms with van der Waals surface area (Å²) in [4.78, 5) is 24.9. The first-order valence-corrected chi connectivity index (χ1v) is 11.8. The van der Waals surface area contributed by atoms with E-state index in [4.69, 9.17) is 4.74 Å². The second-order valence-electron chi connectivity index (χ2n) is 11.5. The van der Waals surface area contributed by atoms with Crippen LogP contribution >= 0.6 is 0 Å². The molecule has 3 saturated carbocycles. The highest BCUT2D eigenvalue weighted by Gasteiger charge is 2.60. The molecule has 0 saturated heterocycles. The fourth-order valence-corrected chi connectivity index (χ4v) is 7.58. The van der Waals surface area contributed by atoms with Crippen molar-refractivity contribution in [1.29, 1.82) is 0 Å². The van der Waals surface area contributed by atoms with Crippen molar-refractivity contribution in [3.63, 3.8) is 0 Å². The number of rotatable bonds is 4. The zero-order valence-electron chi connectivity index (χ0n) is 18.9. The van der Waals surface area contributed by atoms with E-state index in [1.807, 2.05) is 0 Å².